The van der Waals surface area contributed by atoms with Gasteiger partial charge in [-0.3, -0.25) is 23.9 Å². The number of amides is 3. The van der Waals surface area contributed by atoms with E-state index < -0.39 is 22.7 Å². The molecule has 2 aliphatic rings. The van der Waals surface area contributed by atoms with E-state index in [-0.39, 0.29) is 24.8 Å². The molecule has 1 fully saturated rings. The van der Waals surface area contributed by atoms with Crippen molar-refractivity contribution in [3.05, 3.63) is 29.3 Å². The maximum atomic E-state index is 12.7. The molecule has 0 aromatic heterocycles. The standard InChI is InChI=1S/C17H19BrN2O4S/c18-8-1-2-9-25(24)14-5-3-4-11-12(14)10-20(17(11)23)13-6-7-15(21)19-16(13)22/h3-5,13H,1-2,6-10H2,(H,19,21,22). The molecule has 2 aliphatic heterocycles. The number of benzene rings is 1. The number of nitrogens with zero attached hydrogens (tertiary/aromatic N) is 1. The van der Waals surface area contributed by atoms with E-state index in [1.165, 1.54) is 4.90 Å². The molecule has 0 bridgehead atoms. The Bertz CT molecular complexity index is 752. The van der Waals surface area contributed by atoms with Crippen molar-refractivity contribution in [1.82, 2.24) is 10.2 Å². The molecule has 2 unspecified atom stereocenters. The summed E-state index contributed by atoms with van der Waals surface area (Å²) in [6.07, 6.45) is 2.34. The molecule has 1 saturated heterocycles. The maximum Gasteiger partial charge on any atom is 0.255 e. The third kappa shape index (κ3) is 3.69. The summed E-state index contributed by atoms with van der Waals surface area (Å²) < 4.78 is 12.6. The molecule has 1 N–H and O–H groups in total. The van der Waals surface area contributed by atoms with E-state index in [0.29, 0.717) is 22.6 Å². The van der Waals surface area contributed by atoms with Gasteiger partial charge in [-0.1, -0.05) is 22.0 Å². The summed E-state index contributed by atoms with van der Waals surface area (Å²) in [4.78, 5) is 38.3. The smallest absolute Gasteiger partial charge is 0.255 e. The van der Waals surface area contributed by atoms with Gasteiger partial charge in [0.2, 0.25) is 11.8 Å². The lowest BCUT2D eigenvalue weighted by molar-refractivity contribution is -0.136. The lowest BCUT2D eigenvalue weighted by Crippen LogP contribution is -2.52. The molecule has 2 heterocycles. The number of hydrogen-bond donors (Lipinski definition) is 1. The fourth-order valence-electron chi connectivity index (χ4n) is 3.21. The average Bonchev–Trinajstić information content (AvgIpc) is 2.92. The van der Waals surface area contributed by atoms with Crippen molar-refractivity contribution in [3.8, 4) is 0 Å². The molecule has 134 valence electrons. The number of rotatable bonds is 6. The van der Waals surface area contributed by atoms with Gasteiger partial charge >= 0.3 is 0 Å². The van der Waals surface area contributed by atoms with E-state index in [0.717, 1.165) is 23.7 Å². The molecular formula is C17H19BrN2O4S. The number of carbonyl (C=O) groups excluding carboxylic acids is 3. The Morgan fingerprint density at radius 1 is 1.24 bits per heavy atom. The highest BCUT2D eigenvalue weighted by atomic mass is 79.9. The molecule has 25 heavy (non-hydrogen) atoms. The molecule has 6 nitrogen and oxygen atoms in total. The number of fused-ring (bicyclic) bond motifs is 1. The third-order valence-corrected chi connectivity index (χ3v) is 6.59. The van der Waals surface area contributed by atoms with Crippen molar-refractivity contribution in [1.29, 1.82) is 0 Å². The number of alkyl halides is 1. The minimum Gasteiger partial charge on any atom is -0.322 e. The number of hydrogen-bond acceptors (Lipinski definition) is 4. The minimum absolute atomic E-state index is 0.224. The van der Waals surface area contributed by atoms with E-state index in [2.05, 4.69) is 21.2 Å². The van der Waals surface area contributed by atoms with Crippen LogP contribution in [0.2, 0.25) is 0 Å². The zero-order chi connectivity index (χ0) is 18.0. The zero-order valence-electron chi connectivity index (χ0n) is 13.6. The van der Waals surface area contributed by atoms with Crippen molar-refractivity contribution >= 4 is 44.5 Å². The van der Waals surface area contributed by atoms with Crippen LogP contribution in [0.5, 0.6) is 0 Å². The maximum absolute atomic E-state index is 12.7. The van der Waals surface area contributed by atoms with Crippen LogP contribution < -0.4 is 5.32 Å². The van der Waals surface area contributed by atoms with Crippen LogP contribution in [0.4, 0.5) is 0 Å². The predicted octanol–water partition coefficient (Wildman–Crippen LogP) is 1.73. The van der Waals surface area contributed by atoms with Gasteiger partial charge in [-0.2, -0.15) is 0 Å². The molecule has 1 aromatic rings. The molecular weight excluding hydrogens is 408 g/mol. The van der Waals surface area contributed by atoms with Crippen LogP contribution in [0.15, 0.2) is 23.1 Å². The summed E-state index contributed by atoms with van der Waals surface area (Å²) >= 11 is 3.36. The van der Waals surface area contributed by atoms with E-state index >= 15 is 0 Å². The molecule has 0 radical (unpaired) electrons. The lowest BCUT2D eigenvalue weighted by atomic mass is 10.0. The zero-order valence-corrected chi connectivity index (χ0v) is 16.0. The van der Waals surface area contributed by atoms with Crippen molar-refractivity contribution < 1.29 is 18.6 Å². The quantitative estimate of drug-likeness (QED) is 0.426. The van der Waals surface area contributed by atoms with Gasteiger partial charge in [0.15, 0.2) is 0 Å². The fraction of sp³-hybridized carbons (Fsp3) is 0.471. The minimum atomic E-state index is -1.17. The van der Waals surface area contributed by atoms with Gasteiger partial charge in [0, 0.05) is 40.1 Å². The first-order chi connectivity index (χ1) is 12.0. The summed E-state index contributed by atoms with van der Waals surface area (Å²) in [7, 11) is -1.17. The van der Waals surface area contributed by atoms with Gasteiger partial charge in [0.05, 0.1) is 10.8 Å². The normalized spacial score (nSPS) is 21.2. The van der Waals surface area contributed by atoms with Gasteiger partial charge < -0.3 is 4.90 Å². The van der Waals surface area contributed by atoms with Gasteiger partial charge in [-0.05, 0) is 31.4 Å². The van der Waals surface area contributed by atoms with Crippen LogP contribution >= 0.6 is 15.9 Å². The highest BCUT2D eigenvalue weighted by molar-refractivity contribution is 9.09. The van der Waals surface area contributed by atoms with Crippen molar-refractivity contribution in [3.63, 3.8) is 0 Å². The molecule has 0 aliphatic carbocycles. The topological polar surface area (TPSA) is 83.6 Å². The highest BCUT2D eigenvalue weighted by Gasteiger charge is 2.40. The second-order valence-electron chi connectivity index (χ2n) is 6.13. The second kappa shape index (κ2) is 7.78. The monoisotopic (exact) mass is 426 g/mol. The number of nitrogens with one attached hydrogen (secondary N) is 1. The third-order valence-electron chi connectivity index (χ3n) is 4.50. The first-order valence-electron chi connectivity index (χ1n) is 8.24. The van der Waals surface area contributed by atoms with Crippen molar-refractivity contribution in [2.75, 3.05) is 11.1 Å². The largest absolute Gasteiger partial charge is 0.322 e. The van der Waals surface area contributed by atoms with E-state index in [4.69, 9.17) is 0 Å². The lowest BCUT2D eigenvalue weighted by Gasteiger charge is -2.29. The highest BCUT2D eigenvalue weighted by Crippen LogP contribution is 2.31. The van der Waals surface area contributed by atoms with E-state index in [1.54, 1.807) is 18.2 Å². The van der Waals surface area contributed by atoms with Gasteiger partial charge in [-0.25, -0.2) is 0 Å². The molecule has 2 atom stereocenters. The van der Waals surface area contributed by atoms with Gasteiger partial charge in [-0.15, -0.1) is 0 Å². The van der Waals surface area contributed by atoms with Crippen molar-refractivity contribution in [2.45, 2.75) is 43.2 Å². The SMILES string of the molecule is O=C1CCC(N2Cc3c(cccc3S(=O)CCCCBr)C2=O)C(=O)N1. The van der Waals surface area contributed by atoms with Crippen LogP contribution in [0.1, 0.15) is 41.6 Å². The Morgan fingerprint density at radius 3 is 2.76 bits per heavy atom. The summed E-state index contributed by atoms with van der Waals surface area (Å²) in [6.45, 7) is 0.265. The summed E-state index contributed by atoms with van der Waals surface area (Å²) in [5, 5.41) is 3.16. The van der Waals surface area contributed by atoms with Crippen LogP contribution in [0.3, 0.4) is 0 Å². The fourth-order valence-corrected chi connectivity index (χ4v) is 4.97. The Hall–Kier alpha value is -1.54. The molecule has 0 saturated carbocycles. The number of carbonyl (C=O) groups is 3. The van der Waals surface area contributed by atoms with Crippen LogP contribution in [0.25, 0.3) is 0 Å². The number of piperidine rings is 1. The second-order valence-corrected chi connectivity index (χ2v) is 8.46. The number of imide groups is 1. The van der Waals surface area contributed by atoms with Crippen LogP contribution in [-0.2, 0) is 26.9 Å². The number of halogens is 1. The van der Waals surface area contributed by atoms with Crippen molar-refractivity contribution in [2.24, 2.45) is 0 Å². The Labute approximate surface area is 156 Å². The molecule has 1 aromatic carbocycles. The molecule has 8 heteroatoms. The first-order valence-corrected chi connectivity index (χ1v) is 10.7. The van der Waals surface area contributed by atoms with E-state index in [1.807, 2.05) is 0 Å². The summed E-state index contributed by atoms with van der Waals surface area (Å²) in [5.41, 5.74) is 1.26. The molecule has 3 amide bonds. The van der Waals surface area contributed by atoms with Gasteiger partial charge in [0.25, 0.3) is 5.91 Å². The first kappa shape index (κ1) is 18.3. The molecule has 3 rings (SSSR count). The van der Waals surface area contributed by atoms with E-state index in [9.17, 15) is 18.6 Å². The predicted molar refractivity (Wildman–Crippen MR) is 96.8 cm³/mol. The summed E-state index contributed by atoms with van der Waals surface area (Å²) in [5.74, 6) is -0.422. The van der Waals surface area contributed by atoms with Crippen LogP contribution in [0, 0.1) is 0 Å². The Kier molecular flexibility index (Phi) is 5.68. The summed E-state index contributed by atoms with van der Waals surface area (Å²) in [6, 6.07) is 4.60. The van der Waals surface area contributed by atoms with Crippen LogP contribution in [-0.4, -0.2) is 44.0 Å². The average molecular weight is 427 g/mol. The Balaban J connectivity index is 1.81. The molecule has 0 spiro atoms. The Morgan fingerprint density at radius 2 is 2.04 bits per heavy atom. The van der Waals surface area contributed by atoms with Gasteiger partial charge in [0.1, 0.15) is 6.04 Å². The number of unbranched alkanes of at least 4 members (excludes halogenated alkanes) is 1.